The highest BCUT2D eigenvalue weighted by molar-refractivity contribution is 6.45. The first-order valence-electron chi connectivity index (χ1n) is 13.2. The van der Waals surface area contributed by atoms with Gasteiger partial charge >= 0.3 is 0 Å². The first-order valence-corrected chi connectivity index (χ1v) is 13.2. The van der Waals surface area contributed by atoms with Crippen LogP contribution in [0.15, 0.2) is 97.1 Å². The molecule has 0 N–H and O–H groups in total. The molecule has 11 rings (SSSR count). The molecule has 2 heterocycles. The second-order valence-electron chi connectivity index (χ2n) is 11.0. The average Bonchev–Trinajstić information content (AvgIpc) is 3.65. The fraction of sp³-hybridized carbons (Fsp3) is 0.0556. The van der Waals surface area contributed by atoms with Crippen molar-refractivity contribution >= 4 is 75.4 Å². The van der Waals surface area contributed by atoms with Crippen LogP contribution in [0.4, 0.5) is 0 Å². The molecule has 0 radical (unpaired) electrons. The number of hydrogen-bond donors (Lipinski definition) is 0. The van der Waals surface area contributed by atoms with Crippen LogP contribution in [0.2, 0.25) is 0 Å². The SMILES string of the molecule is c1ccc2c(c1)c1c(c3ccccc32)C2OC1c1c2c2ccc3ccc4ccc5ccc1c1c5c4c3c21. The highest BCUT2D eigenvalue weighted by Crippen LogP contribution is 2.63. The summed E-state index contributed by atoms with van der Waals surface area (Å²) in [6.45, 7) is 0. The molecule has 2 aliphatic rings. The lowest BCUT2D eigenvalue weighted by atomic mass is 9.77. The zero-order chi connectivity index (χ0) is 23.6. The van der Waals surface area contributed by atoms with Crippen LogP contribution >= 0.6 is 0 Å². The van der Waals surface area contributed by atoms with E-state index in [4.69, 9.17) is 4.74 Å². The monoisotopic (exact) mass is 466 g/mol. The minimum atomic E-state index is -0.0371. The van der Waals surface area contributed by atoms with Gasteiger partial charge in [-0.05, 0) is 97.7 Å². The number of benzene rings is 8. The maximum absolute atomic E-state index is 7.03. The van der Waals surface area contributed by atoms with Gasteiger partial charge in [-0.15, -0.1) is 0 Å². The number of fused-ring (bicyclic) bond motifs is 15. The predicted molar refractivity (Wildman–Crippen MR) is 154 cm³/mol. The molecule has 0 saturated carbocycles. The van der Waals surface area contributed by atoms with Crippen LogP contribution in [-0.2, 0) is 4.74 Å². The van der Waals surface area contributed by atoms with Gasteiger partial charge in [-0.1, -0.05) is 97.1 Å². The minimum Gasteiger partial charge on any atom is -0.356 e. The van der Waals surface area contributed by atoms with E-state index in [-0.39, 0.29) is 12.2 Å². The third-order valence-corrected chi connectivity index (χ3v) is 9.60. The van der Waals surface area contributed by atoms with E-state index in [1.807, 2.05) is 0 Å². The second-order valence-corrected chi connectivity index (χ2v) is 11.0. The number of hydrogen-bond acceptors (Lipinski definition) is 1. The Balaban J connectivity index is 1.41. The van der Waals surface area contributed by atoms with Crippen molar-refractivity contribution in [2.75, 3.05) is 0 Å². The maximum Gasteiger partial charge on any atom is 0.111 e. The Hall–Kier alpha value is -4.46. The van der Waals surface area contributed by atoms with E-state index in [0.717, 1.165) is 0 Å². The number of rotatable bonds is 0. The summed E-state index contributed by atoms with van der Waals surface area (Å²) in [7, 11) is 0. The van der Waals surface area contributed by atoms with E-state index in [9.17, 15) is 0 Å². The molecule has 0 fully saturated rings. The minimum absolute atomic E-state index is 0.0371. The van der Waals surface area contributed by atoms with Crippen LogP contribution in [0.5, 0.6) is 0 Å². The van der Waals surface area contributed by atoms with E-state index < -0.39 is 0 Å². The molecular formula is C36H18O. The highest BCUT2D eigenvalue weighted by atomic mass is 16.5. The molecule has 2 bridgehead atoms. The Morgan fingerprint density at radius 2 is 0.676 bits per heavy atom. The van der Waals surface area contributed by atoms with Gasteiger partial charge in [0.15, 0.2) is 0 Å². The molecule has 0 spiro atoms. The topological polar surface area (TPSA) is 9.23 Å². The molecule has 9 aromatic rings. The lowest BCUT2D eigenvalue weighted by Gasteiger charge is -2.24. The van der Waals surface area contributed by atoms with Gasteiger partial charge in [0.2, 0.25) is 0 Å². The third kappa shape index (κ3) is 1.75. The van der Waals surface area contributed by atoms with Crippen molar-refractivity contribution in [2.45, 2.75) is 12.2 Å². The highest BCUT2D eigenvalue weighted by Gasteiger charge is 2.47. The fourth-order valence-corrected chi connectivity index (χ4v) is 8.33. The lowest BCUT2D eigenvalue weighted by Crippen LogP contribution is -2.07. The molecule has 168 valence electrons. The zero-order valence-corrected chi connectivity index (χ0v) is 19.8. The molecule has 2 unspecified atom stereocenters. The van der Waals surface area contributed by atoms with Gasteiger partial charge in [-0.3, -0.25) is 0 Å². The molecule has 0 aliphatic carbocycles. The summed E-state index contributed by atoms with van der Waals surface area (Å²) in [5, 5.41) is 19.3. The van der Waals surface area contributed by atoms with Crippen LogP contribution in [0.25, 0.3) is 75.4 Å². The summed E-state index contributed by atoms with van der Waals surface area (Å²) < 4.78 is 7.03. The van der Waals surface area contributed by atoms with Gasteiger partial charge in [0.1, 0.15) is 12.2 Å². The van der Waals surface area contributed by atoms with Gasteiger partial charge in [0.05, 0.1) is 0 Å². The molecule has 0 aromatic heterocycles. The van der Waals surface area contributed by atoms with Crippen molar-refractivity contribution < 1.29 is 4.74 Å². The predicted octanol–water partition coefficient (Wildman–Crippen LogP) is 9.59. The van der Waals surface area contributed by atoms with Crippen LogP contribution in [0, 0.1) is 0 Å². The largest absolute Gasteiger partial charge is 0.356 e. The van der Waals surface area contributed by atoms with E-state index in [2.05, 4.69) is 97.1 Å². The quantitative estimate of drug-likeness (QED) is 0.202. The summed E-state index contributed by atoms with van der Waals surface area (Å²) in [6.07, 6.45) is -0.0741. The van der Waals surface area contributed by atoms with E-state index in [1.165, 1.54) is 97.7 Å². The smallest absolute Gasteiger partial charge is 0.111 e. The lowest BCUT2D eigenvalue weighted by molar-refractivity contribution is 0.0875. The van der Waals surface area contributed by atoms with Crippen molar-refractivity contribution in [3.8, 4) is 0 Å². The van der Waals surface area contributed by atoms with E-state index in [1.54, 1.807) is 0 Å². The van der Waals surface area contributed by atoms with Crippen LogP contribution < -0.4 is 0 Å². The molecule has 9 aromatic carbocycles. The Morgan fingerprint density at radius 1 is 0.324 bits per heavy atom. The summed E-state index contributed by atoms with van der Waals surface area (Å²) >= 11 is 0. The molecule has 1 heteroatoms. The van der Waals surface area contributed by atoms with Crippen molar-refractivity contribution in [3.05, 3.63) is 119 Å². The molecule has 0 saturated heterocycles. The van der Waals surface area contributed by atoms with Crippen molar-refractivity contribution in [1.82, 2.24) is 0 Å². The van der Waals surface area contributed by atoms with Gasteiger partial charge in [0, 0.05) is 0 Å². The maximum atomic E-state index is 7.03. The first-order chi connectivity index (χ1) is 18.4. The van der Waals surface area contributed by atoms with Crippen LogP contribution in [0.1, 0.15) is 34.5 Å². The van der Waals surface area contributed by atoms with Crippen molar-refractivity contribution in [2.24, 2.45) is 0 Å². The standard InChI is InChI=1S/C36H18O/c1-3-7-22-20(5-1)21-6-2-4-8-23(21)32-31(22)35-33-24-15-13-18-11-9-17-10-12-19-14-16-25(34(33)36(32)37-35)30-28(19)26(17)27(18)29(24)30/h1-16,35-36H. The molecule has 2 atom stereocenters. The average molecular weight is 467 g/mol. The molecule has 37 heavy (non-hydrogen) atoms. The summed E-state index contributed by atoms with van der Waals surface area (Å²) in [5.74, 6) is 0. The number of ether oxygens (including phenoxy) is 1. The Morgan fingerprint density at radius 3 is 1.14 bits per heavy atom. The Kier molecular flexibility index (Phi) is 2.70. The van der Waals surface area contributed by atoms with Gasteiger partial charge < -0.3 is 4.74 Å². The Labute approximate surface area is 211 Å². The molecular weight excluding hydrogens is 448 g/mol. The summed E-state index contributed by atoms with van der Waals surface area (Å²) in [4.78, 5) is 0. The Bertz CT molecular complexity index is 2280. The van der Waals surface area contributed by atoms with E-state index in [0.29, 0.717) is 0 Å². The van der Waals surface area contributed by atoms with Gasteiger partial charge in [0.25, 0.3) is 0 Å². The summed E-state index contributed by atoms with van der Waals surface area (Å²) in [6, 6.07) is 36.4. The third-order valence-electron chi connectivity index (χ3n) is 9.60. The molecule has 0 amide bonds. The van der Waals surface area contributed by atoms with Crippen LogP contribution in [-0.4, -0.2) is 0 Å². The van der Waals surface area contributed by atoms with Crippen LogP contribution in [0.3, 0.4) is 0 Å². The van der Waals surface area contributed by atoms with E-state index >= 15 is 0 Å². The zero-order valence-electron chi connectivity index (χ0n) is 19.8. The molecule has 1 nitrogen and oxygen atoms in total. The van der Waals surface area contributed by atoms with Gasteiger partial charge in [-0.25, -0.2) is 0 Å². The molecule has 2 aliphatic heterocycles. The van der Waals surface area contributed by atoms with Gasteiger partial charge in [-0.2, -0.15) is 0 Å². The van der Waals surface area contributed by atoms with Crippen molar-refractivity contribution in [3.63, 3.8) is 0 Å². The van der Waals surface area contributed by atoms with Crippen molar-refractivity contribution in [1.29, 1.82) is 0 Å². The second kappa shape index (κ2) is 5.59. The first kappa shape index (κ1) is 17.9. The fourth-order valence-electron chi connectivity index (χ4n) is 8.33. The normalized spacial score (nSPS) is 18.7. The summed E-state index contributed by atoms with van der Waals surface area (Å²) in [5.41, 5.74) is 5.55.